The zero-order valence-corrected chi connectivity index (χ0v) is 19.2. The van der Waals surface area contributed by atoms with Gasteiger partial charge < -0.3 is 11.1 Å². The van der Waals surface area contributed by atoms with Crippen molar-refractivity contribution in [1.29, 1.82) is 0 Å². The maximum absolute atomic E-state index is 13.2. The van der Waals surface area contributed by atoms with Gasteiger partial charge >= 0.3 is 0 Å². The second-order valence-electron chi connectivity index (χ2n) is 7.90. The third-order valence-electron chi connectivity index (χ3n) is 5.61. The van der Waals surface area contributed by atoms with Crippen LogP contribution in [-0.2, 0) is 0 Å². The molecule has 0 atom stereocenters. The number of Topliss-reactive ketones (excluding diaryl/α,β-unsaturated/α-hetero) is 1. The number of nitrogen functional groups attached to an aromatic ring is 1. The van der Waals surface area contributed by atoms with Crippen LogP contribution in [0.3, 0.4) is 0 Å². The van der Waals surface area contributed by atoms with Gasteiger partial charge in [0.05, 0.1) is 11.4 Å². The molecule has 6 heteroatoms. The molecule has 5 rings (SSSR count). The summed E-state index contributed by atoms with van der Waals surface area (Å²) in [6, 6.07) is 28.7. The summed E-state index contributed by atoms with van der Waals surface area (Å²) in [7, 11) is 0. The number of rotatable bonds is 5. The van der Waals surface area contributed by atoms with Crippen LogP contribution in [0.25, 0.3) is 32.6 Å². The Balaban J connectivity index is 1.61. The van der Waals surface area contributed by atoms with Crippen molar-refractivity contribution < 1.29 is 9.59 Å². The number of hydrogen-bond acceptors (Lipinski definition) is 5. The summed E-state index contributed by atoms with van der Waals surface area (Å²) in [5.74, 6) is -0.336. The van der Waals surface area contributed by atoms with Crippen molar-refractivity contribution in [3.8, 4) is 22.4 Å². The molecule has 0 fully saturated rings. The van der Waals surface area contributed by atoms with Crippen LogP contribution in [0.15, 0.2) is 91.0 Å². The van der Waals surface area contributed by atoms with Crippen LogP contribution in [0.5, 0.6) is 0 Å². The Morgan fingerprint density at radius 3 is 2.09 bits per heavy atom. The third-order valence-corrected chi connectivity index (χ3v) is 6.71. The Bertz CT molecular complexity index is 1510. The second kappa shape index (κ2) is 8.92. The normalized spacial score (nSPS) is 10.9. The van der Waals surface area contributed by atoms with E-state index in [1.807, 2.05) is 66.7 Å². The number of carbonyl (C=O) groups excluding carboxylic acids is 2. The van der Waals surface area contributed by atoms with E-state index in [9.17, 15) is 9.59 Å². The first-order valence-electron chi connectivity index (χ1n) is 10.8. The van der Waals surface area contributed by atoms with Crippen molar-refractivity contribution in [1.82, 2.24) is 4.98 Å². The molecule has 166 valence electrons. The highest BCUT2D eigenvalue weighted by molar-refractivity contribution is 7.21. The van der Waals surface area contributed by atoms with Crippen molar-refractivity contribution >= 4 is 44.6 Å². The number of aromatic nitrogens is 1. The molecule has 34 heavy (non-hydrogen) atoms. The molecule has 0 saturated heterocycles. The second-order valence-corrected chi connectivity index (χ2v) is 8.90. The molecule has 0 aliphatic carbocycles. The van der Waals surface area contributed by atoms with Crippen LogP contribution in [0.4, 0.5) is 11.4 Å². The van der Waals surface area contributed by atoms with E-state index in [0.717, 1.165) is 27.8 Å². The Labute approximate surface area is 200 Å². The van der Waals surface area contributed by atoms with E-state index in [0.29, 0.717) is 26.6 Å². The fourth-order valence-electron chi connectivity index (χ4n) is 3.87. The Morgan fingerprint density at radius 2 is 1.47 bits per heavy atom. The number of ketones is 1. The van der Waals surface area contributed by atoms with Gasteiger partial charge in [-0.1, -0.05) is 60.7 Å². The minimum atomic E-state index is -0.309. The number of nitrogens with one attached hydrogen (secondary N) is 1. The van der Waals surface area contributed by atoms with Gasteiger partial charge in [0, 0.05) is 22.2 Å². The lowest BCUT2D eigenvalue weighted by molar-refractivity contribution is 0.101. The molecule has 3 aromatic carbocycles. The molecule has 0 saturated carbocycles. The van der Waals surface area contributed by atoms with Gasteiger partial charge in [-0.15, -0.1) is 11.3 Å². The molecule has 2 heterocycles. The van der Waals surface area contributed by atoms with Crippen molar-refractivity contribution in [3.05, 3.63) is 101 Å². The highest BCUT2D eigenvalue weighted by Gasteiger charge is 2.22. The number of thiophene rings is 1. The molecule has 2 aromatic heterocycles. The van der Waals surface area contributed by atoms with E-state index in [1.54, 1.807) is 24.3 Å². The number of carbonyl (C=O) groups is 2. The molecular weight excluding hydrogens is 442 g/mol. The average molecular weight is 464 g/mol. The van der Waals surface area contributed by atoms with E-state index in [-0.39, 0.29) is 11.7 Å². The van der Waals surface area contributed by atoms with E-state index in [1.165, 1.54) is 18.3 Å². The summed E-state index contributed by atoms with van der Waals surface area (Å²) in [5.41, 5.74) is 11.9. The first-order chi connectivity index (χ1) is 16.5. The van der Waals surface area contributed by atoms with E-state index in [2.05, 4.69) is 5.32 Å². The number of nitrogens with two attached hydrogens (primary N) is 1. The first-order valence-corrected chi connectivity index (χ1v) is 11.6. The molecule has 5 aromatic rings. The van der Waals surface area contributed by atoms with E-state index >= 15 is 0 Å². The number of anilines is 2. The minimum absolute atomic E-state index is 0.0274. The largest absolute Gasteiger partial charge is 0.397 e. The van der Waals surface area contributed by atoms with Crippen LogP contribution in [0.1, 0.15) is 27.0 Å². The van der Waals surface area contributed by atoms with Gasteiger partial charge in [-0.2, -0.15) is 0 Å². The quantitative estimate of drug-likeness (QED) is 0.285. The zero-order valence-electron chi connectivity index (χ0n) is 18.4. The Morgan fingerprint density at radius 1 is 0.853 bits per heavy atom. The summed E-state index contributed by atoms with van der Waals surface area (Å²) in [6.45, 7) is 1.51. The smallest absolute Gasteiger partial charge is 0.267 e. The molecule has 0 aliphatic rings. The van der Waals surface area contributed by atoms with Gasteiger partial charge in [0.2, 0.25) is 0 Å². The lowest BCUT2D eigenvalue weighted by atomic mass is 9.99. The van der Waals surface area contributed by atoms with Crippen molar-refractivity contribution in [2.75, 3.05) is 11.1 Å². The Kier molecular flexibility index (Phi) is 5.65. The molecule has 0 spiro atoms. The van der Waals surface area contributed by atoms with Crippen LogP contribution in [0.2, 0.25) is 0 Å². The molecule has 3 N–H and O–H groups in total. The monoisotopic (exact) mass is 463 g/mol. The molecule has 5 nitrogen and oxygen atoms in total. The summed E-state index contributed by atoms with van der Waals surface area (Å²) >= 11 is 1.27. The fourth-order valence-corrected chi connectivity index (χ4v) is 4.88. The highest BCUT2D eigenvalue weighted by Crippen LogP contribution is 2.41. The molecule has 0 radical (unpaired) electrons. The van der Waals surface area contributed by atoms with E-state index < -0.39 is 0 Å². The van der Waals surface area contributed by atoms with Gasteiger partial charge in [-0.3, -0.25) is 9.59 Å². The summed E-state index contributed by atoms with van der Waals surface area (Å²) in [6.07, 6.45) is 0. The standard InChI is InChI=1S/C28H21N3O2S/c1-17(32)18-12-14-21(15-13-18)30-27(33)26-25(29)24-22(19-8-4-2-5-9-19)16-23(31-28(24)34-26)20-10-6-3-7-11-20/h2-16H,29H2,1H3,(H,30,33). The number of nitrogens with zero attached hydrogens (tertiary/aromatic N) is 1. The lowest BCUT2D eigenvalue weighted by Gasteiger charge is -2.09. The summed E-state index contributed by atoms with van der Waals surface area (Å²) < 4.78 is 0. The third kappa shape index (κ3) is 4.07. The molecular formula is C28H21N3O2S. The highest BCUT2D eigenvalue weighted by atomic mass is 32.1. The van der Waals surface area contributed by atoms with Crippen LogP contribution >= 0.6 is 11.3 Å². The summed E-state index contributed by atoms with van der Waals surface area (Å²) in [4.78, 5) is 30.6. The number of benzene rings is 3. The van der Waals surface area contributed by atoms with Crippen LogP contribution < -0.4 is 11.1 Å². The first kappa shape index (κ1) is 21.6. The van der Waals surface area contributed by atoms with Gasteiger partial charge in [0.1, 0.15) is 9.71 Å². The lowest BCUT2D eigenvalue weighted by Crippen LogP contribution is -2.12. The maximum atomic E-state index is 13.2. The van der Waals surface area contributed by atoms with E-state index in [4.69, 9.17) is 10.7 Å². The molecule has 0 bridgehead atoms. The average Bonchev–Trinajstić information content (AvgIpc) is 3.21. The Hall–Kier alpha value is -4.29. The predicted molar refractivity (Wildman–Crippen MR) is 139 cm³/mol. The molecule has 0 aliphatic heterocycles. The maximum Gasteiger partial charge on any atom is 0.267 e. The topological polar surface area (TPSA) is 85.1 Å². The van der Waals surface area contributed by atoms with Crippen molar-refractivity contribution in [2.45, 2.75) is 6.92 Å². The van der Waals surface area contributed by atoms with Crippen molar-refractivity contribution in [3.63, 3.8) is 0 Å². The molecule has 1 amide bonds. The van der Waals surface area contributed by atoms with Gasteiger partial charge in [0.25, 0.3) is 5.91 Å². The van der Waals surface area contributed by atoms with Crippen molar-refractivity contribution in [2.24, 2.45) is 0 Å². The number of fused-ring (bicyclic) bond motifs is 1. The summed E-state index contributed by atoms with van der Waals surface area (Å²) in [5, 5.41) is 3.66. The van der Waals surface area contributed by atoms with Gasteiger partial charge in [-0.05, 0) is 48.4 Å². The van der Waals surface area contributed by atoms with Crippen LogP contribution in [-0.4, -0.2) is 16.7 Å². The SMILES string of the molecule is CC(=O)c1ccc(NC(=O)c2sc3nc(-c4ccccc4)cc(-c4ccccc4)c3c2N)cc1. The predicted octanol–water partition coefficient (Wildman–Crippen LogP) is 6.67. The fraction of sp³-hybridized carbons (Fsp3) is 0.0357. The minimum Gasteiger partial charge on any atom is -0.397 e. The van der Waals surface area contributed by atoms with Gasteiger partial charge in [0.15, 0.2) is 5.78 Å². The molecule has 0 unspecified atom stereocenters. The number of pyridine rings is 1. The van der Waals surface area contributed by atoms with Crippen LogP contribution in [0, 0.1) is 0 Å². The van der Waals surface area contributed by atoms with Gasteiger partial charge in [-0.25, -0.2) is 4.98 Å². The number of hydrogen-bond donors (Lipinski definition) is 2. The zero-order chi connectivity index (χ0) is 23.7. The number of amides is 1.